The molecule has 0 radical (unpaired) electrons. The fourth-order valence-corrected chi connectivity index (χ4v) is 3.61. The monoisotopic (exact) mass is 324 g/mol. The highest BCUT2D eigenvalue weighted by Gasteiger charge is 2.26. The van der Waals surface area contributed by atoms with Gasteiger partial charge in [0, 0.05) is 22.9 Å². The highest BCUT2D eigenvalue weighted by molar-refractivity contribution is 7.99. The van der Waals surface area contributed by atoms with E-state index in [1.54, 1.807) is 17.0 Å². The van der Waals surface area contributed by atoms with Crippen LogP contribution in [0.4, 0.5) is 0 Å². The Morgan fingerprint density at radius 1 is 1.17 bits per heavy atom. The van der Waals surface area contributed by atoms with Gasteiger partial charge in [0.05, 0.1) is 17.2 Å². The number of benzene rings is 2. The van der Waals surface area contributed by atoms with Crippen molar-refractivity contribution in [1.29, 1.82) is 5.26 Å². The van der Waals surface area contributed by atoms with E-state index in [4.69, 9.17) is 0 Å². The highest BCUT2D eigenvalue weighted by atomic mass is 32.2. The molecule has 0 saturated carbocycles. The van der Waals surface area contributed by atoms with Crippen LogP contribution in [0.1, 0.15) is 22.3 Å². The van der Waals surface area contributed by atoms with Crippen LogP contribution in [-0.4, -0.2) is 35.1 Å². The first kappa shape index (κ1) is 15.6. The summed E-state index contributed by atoms with van der Waals surface area (Å²) in [6, 6.07) is 16.9. The summed E-state index contributed by atoms with van der Waals surface area (Å²) in [6.45, 7) is 0.959. The molecule has 3 rings (SSSR count). The van der Waals surface area contributed by atoms with Gasteiger partial charge in [-0.2, -0.15) is 5.26 Å². The Balaban J connectivity index is 1.89. The van der Waals surface area contributed by atoms with Crippen molar-refractivity contribution in [2.24, 2.45) is 0 Å². The third-order valence-corrected chi connectivity index (χ3v) is 4.95. The Hall–Kier alpha value is -2.29. The molecule has 116 valence electrons. The molecule has 2 aromatic rings. The maximum atomic E-state index is 12.7. The number of β-amino-alcohol motifs (C(OH)–C–C–N with tert-alkyl or cyclic N) is 1. The lowest BCUT2D eigenvalue weighted by Gasteiger charge is -2.17. The third kappa shape index (κ3) is 3.39. The molecule has 1 atom stereocenters. The van der Waals surface area contributed by atoms with E-state index in [0.29, 0.717) is 30.6 Å². The topological polar surface area (TPSA) is 64.3 Å². The van der Waals surface area contributed by atoms with Crippen LogP contribution in [-0.2, 0) is 0 Å². The SMILES string of the molecule is N#Cc1ccccc1Sc1ccccc1C(=O)N1CC[C@@H](O)C1. The lowest BCUT2D eigenvalue weighted by molar-refractivity contribution is 0.0761. The molecular formula is C18H16N2O2S. The minimum absolute atomic E-state index is 0.0703. The quantitative estimate of drug-likeness (QED) is 0.943. The maximum Gasteiger partial charge on any atom is 0.255 e. The Kier molecular flexibility index (Phi) is 4.65. The Morgan fingerprint density at radius 2 is 1.87 bits per heavy atom. The number of hydrogen-bond donors (Lipinski definition) is 1. The molecule has 0 aliphatic carbocycles. The van der Waals surface area contributed by atoms with Gasteiger partial charge in [-0.15, -0.1) is 0 Å². The number of aliphatic hydroxyl groups excluding tert-OH is 1. The summed E-state index contributed by atoms with van der Waals surface area (Å²) in [7, 11) is 0. The standard InChI is InChI=1S/C18H16N2O2S/c19-11-13-5-1-3-7-16(13)23-17-8-4-2-6-15(17)18(22)20-10-9-14(21)12-20/h1-8,14,21H,9-10,12H2/t14-/m1/s1. The first-order valence-corrected chi connectivity index (χ1v) is 8.24. The molecule has 1 heterocycles. The van der Waals surface area contributed by atoms with E-state index in [1.165, 1.54) is 11.8 Å². The molecule has 5 heteroatoms. The van der Waals surface area contributed by atoms with E-state index in [2.05, 4.69) is 6.07 Å². The summed E-state index contributed by atoms with van der Waals surface area (Å²) in [5.74, 6) is -0.0703. The maximum absolute atomic E-state index is 12.7. The highest BCUT2D eigenvalue weighted by Crippen LogP contribution is 2.33. The molecule has 1 aliphatic heterocycles. The number of nitrogens with zero attached hydrogens (tertiary/aromatic N) is 2. The number of likely N-dealkylation sites (tertiary alicyclic amines) is 1. The lowest BCUT2D eigenvalue weighted by atomic mass is 10.2. The summed E-state index contributed by atoms with van der Waals surface area (Å²) in [4.78, 5) is 16.0. The lowest BCUT2D eigenvalue weighted by Crippen LogP contribution is -2.29. The minimum atomic E-state index is -0.432. The van der Waals surface area contributed by atoms with Crippen molar-refractivity contribution in [3.05, 3.63) is 59.7 Å². The van der Waals surface area contributed by atoms with E-state index in [1.807, 2.05) is 36.4 Å². The number of carbonyl (C=O) groups is 1. The van der Waals surface area contributed by atoms with Gasteiger partial charge in [0.15, 0.2) is 0 Å². The van der Waals surface area contributed by atoms with Crippen LogP contribution in [0.15, 0.2) is 58.3 Å². The first-order chi connectivity index (χ1) is 11.2. The van der Waals surface area contributed by atoms with Crippen molar-refractivity contribution in [3.63, 3.8) is 0 Å². The number of carbonyl (C=O) groups excluding carboxylic acids is 1. The van der Waals surface area contributed by atoms with Crippen LogP contribution >= 0.6 is 11.8 Å². The number of nitriles is 1. The summed E-state index contributed by atoms with van der Waals surface area (Å²) in [6.07, 6.45) is 0.191. The molecule has 23 heavy (non-hydrogen) atoms. The molecule has 0 unspecified atom stereocenters. The average Bonchev–Trinajstić information content (AvgIpc) is 3.02. The summed E-state index contributed by atoms with van der Waals surface area (Å²) in [5, 5.41) is 18.8. The van der Waals surface area contributed by atoms with Gasteiger partial charge in [-0.3, -0.25) is 4.79 Å². The largest absolute Gasteiger partial charge is 0.391 e. The molecular weight excluding hydrogens is 308 g/mol. The second-order valence-electron chi connectivity index (χ2n) is 5.40. The van der Waals surface area contributed by atoms with E-state index in [9.17, 15) is 15.2 Å². The average molecular weight is 324 g/mol. The molecule has 1 saturated heterocycles. The number of rotatable bonds is 3. The van der Waals surface area contributed by atoms with Crippen LogP contribution in [0.2, 0.25) is 0 Å². The fourth-order valence-electron chi connectivity index (χ4n) is 2.60. The van der Waals surface area contributed by atoms with E-state index in [0.717, 1.165) is 9.79 Å². The predicted octanol–water partition coefficient (Wildman–Crippen LogP) is 2.92. The number of hydrogen-bond acceptors (Lipinski definition) is 4. The molecule has 4 nitrogen and oxygen atoms in total. The second kappa shape index (κ2) is 6.86. The van der Waals surface area contributed by atoms with Crippen LogP contribution in [0.25, 0.3) is 0 Å². The van der Waals surface area contributed by atoms with Gasteiger partial charge in [-0.25, -0.2) is 0 Å². The minimum Gasteiger partial charge on any atom is -0.391 e. The number of amides is 1. The van der Waals surface area contributed by atoms with Crippen LogP contribution < -0.4 is 0 Å². The zero-order chi connectivity index (χ0) is 16.2. The van der Waals surface area contributed by atoms with Gasteiger partial charge in [0.1, 0.15) is 6.07 Å². The summed E-state index contributed by atoms with van der Waals surface area (Å²) in [5.41, 5.74) is 1.20. The zero-order valence-electron chi connectivity index (χ0n) is 12.5. The molecule has 0 aromatic heterocycles. The molecule has 1 amide bonds. The van der Waals surface area contributed by atoms with Crippen molar-refractivity contribution in [2.75, 3.05) is 13.1 Å². The third-order valence-electron chi connectivity index (χ3n) is 3.80. The Morgan fingerprint density at radius 3 is 2.57 bits per heavy atom. The van der Waals surface area contributed by atoms with Gasteiger partial charge in [0.25, 0.3) is 5.91 Å². The molecule has 1 aliphatic rings. The predicted molar refractivity (Wildman–Crippen MR) is 88.2 cm³/mol. The smallest absolute Gasteiger partial charge is 0.255 e. The Bertz CT molecular complexity index is 770. The van der Waals surface area contributed by atoms with Crippen LogP contribution in [0.5, 0.6) is 0 Å². The van der Waals surface area contributed by atoms with Crippen LogP contribution in [0, 0.1) is 11.3 Å². The van der Waals surface area contributed by atoms with Gasteiger partial charge >= 0.3 is 0 Å². The van der Waals surface area contributed by atoms with Crippen LogP contribution in [0.3, 0.4) is 0 Å². The van der Waals surface area contributed by atoms with E-state index >= 15 is 0 Å². The Labute approximate surface area is 139 Å². The zero-order valence-corrected chi connectivity index (χ0v) is 13.3. The van der Waals surface area contributed by atoms with E-state index < -0.39 is 6.10 Å². The summed E-state index contributed by atoms with van der Waals surface area (Å²) >= 11 is 1.42. The van der Waals surface area contributed by atoms with Crippen molar-refractivity contribution >= 4 is 17.7 Å². The first-order valence-electron chi connectivity index (χ1n) is 7.42. The van der Waals surface area contributed by atoms with Crippen molar-refractivity contribution in [3.8, 4) is 6.07 Å². The molecule has 1 fully saturated rings. The summed E-state index contributed by atoms with van der Waals surface area (Å²) < 4.78 is 0. The van der Waals surface area contributed by atoms with Gasteiger partial charge < -0.3 is 10.0 Å². The van der Waals surface area contributed by atoms with Gasteiger partial charge in [-0.1, -0.05) is 36.0 Å². The molecule has 1 N–H and O–H groups in total. The fraction of sp³-hybridized carbons (Fsp3) is 0.222. The second-order valence-corrected chi connectivity index (χ2v) is 6.48. The van der Waals surface area contributed by atoms with Crippen molar-refractivity contribution in [2.45, 2.75) is 22.3 Å². The van der Waals surface area contributed by atoms with E-state index in [-0.39, 0.29) is 5.91 Å². The molecule has 2 aromatic carbocycles. The van der Waals surface area contributed by atoms with Crippen molar-refractivity contribution in [1.82, 2.24) is 4.90 Å². The number of aliphatic hydroxyl groups is 1. The van der Waals surface area contributed by atoms with Crippen molar-refractivity contribution < 1.29 is 9.90 Å². The molecule has 0 spiro atoms. The normalized spacial score (nSPS) is 17.0. The molecule has 0 bridgehead atoms. The van der Waals surface area contributed by atoms with Gasteiger partial charge in [-0.05, 0) is 30.7 Å². The van der Waals surface area contributed by atoms with Gasteiger partial charge in [0.2, 0.25) is 0 Å².